The number of rotatable bonds is 4. The first kappa shape index (κ1) is 14.0. The van der Waals surface area contributed by atoms with E-state index in [0.717, 1.165) is 10.0 Å². The molecule has 6 heteroatoms. The average molecular weight is 350 g/mol. The second kappa shape index (κ2) is 6.12. The predicted molar refractivity (Wildman–Crippen MR) is 77.2 cm³/mol. The quantitative estimate of drug-likeness (QED) is 0.645. The number of hydrogen-bond acceptors (Lipinski definition) is 3. The Morgan fingerprint density at radius 1 is 1.44 bits per heavy atom. The fraction of sp³-hybridized carbons (Fsp3) is 0.167. The molecule has 1 heterocycles. The van der Waals surface area contributed by atoms with Gasteiger partial charge in [0, 0.05) is 20.8 Å². The highest BCUT2D eigenvalue weighted by atomic mass is 79.9. The van der Waals surface area contributed by atoms with Crippen LogP contribution in [0.5, 0.6) is 0 Å². The lowest BCUT2D eigenvalue weighted by atomic mass is 10.0. The Bertz CT molecular complexity index is 547. The number of benzene rings is 1. The van der Waals surface area contributed by atoms with Crippen molar-refractivity contribution >= 4 is 38.9 Å². The van der Waals surface area contributed by atoms with Gasteiger partial charge in [-0.25, -0.2) is 4.39 Å². The van der Waals surface area contributed by atoms with Gasteiger partial charge in [-0.1, -0.05) is 17.7 Å². The van der Waals surface area contributed by atoms with Crippen LogP contribution < -0.4 is 11.3 Å². The second-order valence-electron chi connectivity index (χ2n) is 3.78. The van der Waals surface area contributed by atoms with Gasteiger partial charge in [-0.3, -0.25) is 11.3 Å². The van der Waals surface area contributed by atoms with Crippen molar-refractivity contribution in [3.63, 3.8) is 0 Å². The second-order valence-corrected chi connectivity index (χ2v) is 6.04. The lowest BCUT2D eigenvalue weighted by Crippen LogP contribution is -2.29. The van der Waals surface area contributed by atoms with E-state index in [9.17, 15) is 4.39 Å². The molecular weight excluding hydrogens is 339 g/mol. The number of thiophene rings is 1. The molecule has 0 aliphatic carbocycles. The molecule has 1 aromatic carbocycles. The van der Waals surface area contributed by atoms with Crippen LogP contribution in [0.4, 0.5) is 4.39 Å². The molecule has 96 valence electrons. The number of nitrogens with two attached hydrogens (primary N) is 1. The third-order valence-corrected chi connectivity index (χ3v) is 4.90. The van der Waals surface area contributed by atoms with Crippen LogP contribution in [0.3, 0.4) is 0 Å². The summed E-state index contributed by atoms with van der Waals surface area (Å²) in [6.07, 6.45) is 0.695. The van der Waals surface area contributed by atoms with Crippen molar-refractivity contribution in [2.24, 2.45) is 5.84 Å². The Morgan fingerprint density at radius 2 is 2.22 bits per heavy atom. The maximum Gasteiger partial charge on any atom is 0.124 e. The van der Waals surface area contributed by atoms with E-state index < -0.39 is 0 Å². The molecule has 3 N–H and O–H groups in total. The molecule has 1 unspecified atom stereocenters. The molecule has 0 saturated carbocycles. The van der Waals surface area contributed by atoms with Crippen molar-refractivity contribution in [2.45, 2.75) is 12.5 Å². The van der Waals surface area contributed by atoms with Crippen LogP contribution in [0, 0.1) is 5.82 Å². The Kier molecular flexibility index (Phi) is 4.75. The van der Waals surface area contributed by atoms with E-state index in [2.05, 4.69) is 21.4 Å². The summed E-state index contributed by atoms with van der Waals surface area (Å²) in [6, 6.07) is 6.18. The first-order valence-corrected chi connectivity index (χ1v) is 7.30. The van der Waals surface area contributed by atoms with Crippen LogP contribution in [0.25, 0.3) is 0 Å². The van der Waals surface area contributed by atoms with Crippen molar-refractivity contribution in [3.8, 4) is 0 Å². The zero-order chi connectivity index (χ0) is 13.1. The third kappa shape index (κ3) is 3.10. The summed E-state index contributed by atoms with van der Waals surface area (Å²) in [7, 11) is 0. The van der Waals surface area contributed by atoms with E-state index in [-0.39, 0.29) is 11.9 Å². The smallest absolute Gasteiger partial charge is 0.124 e. The molecule has 0 aliphatic heterocycles. The van der Waals surface area contributed by atoms with E-state index >= 15 is 0 Å². The minimum atomic E-state index is -0.350. The maximum atomic E-state index is 13.0. The molecule has 2 aromatic rings. The van der Waals surface area contributed by atoms with Crippen LogP contribution >= 0.6 is 38.9 Å². The van der Waals surface area contributed by atoms with Crippen molar-refractivity contribution in [2.75, 3.05) is 0 Å². The molecule has 1 atom stereocenters. The molecule has 0 aliphatic rings. The Balaban J connectivity index is 2.26. The first-order valence-electron chi connectivity index (χ1n) is 5.24. The molecule has 0 radical (unpaired) electrons. The van der Waals surface area contributed by atoms with Gasteiger partial charge in [-0.05, 0) is 45.1 Å². The number of nitrogens with one attached hydrogen (secondary N) is 1. The SMILES string of the molecule is NNC(Cc1sccc1Br)c1ccc(F)cc1Cl. The summed E-state index contributed by atoms with van der Waals surface area (Å²) in [5, 5.41) is 2.38. The van der Waals surface area contributed by atoms with Gasteiger partial charge < -0.3 is 0 Å². The topological polar surface area (TPSA) is 38.0 Å². The summed E-state index contributed by atoms with van der Waals surface area (Å²) in [4.78, 5) is 1.17. The molecule has 0 fully saturated rings. The van der Waals surface area contributed by atoms with Crippen molar-refractivity contribution in [1.29, 1.82) is 0 Å². The van der Waals surface area contributed by atoms with Crippen LogP contribution in [0.1, 0.15) is 16.5 Å². The molecule has 0 saturated heterocycles. The monoisotopic (exact) mass is 348 g/mol. The average Bonchev–Trinajstić information content (AvgIpc) is 2.73. The molecule has 2 rings (SSSR count). The lowest BCUT2D eigenvalue weighted by molar-refractivity contribution is 0.552. The fourth-order valence-electron chi connectivity index (χ4n) is 1.70. The minimum Gasteiger partial charge on any atom is -0.271 e. The maximum absolute atomic E-state index is 13.0. The van der Waals surface area contributed by atoms with E-state index in [0.29, 0.717) is 11.4 Å². The molecule has 18 heavy (non-hydrogen) atoms. The van der Waals surface area contributed by atoms with Crippen molar-refractivity contribution < 1.29 is 4.39 Å². The zero-order valence-corrected chi connectivity index (χ0v) is 12.4. The summed E-state index contributed by atoms with van der Waals surface area (Å²) in [5.41, 5.74) is 3.52. The van der Waals surface area contributed by atoms with Gasteiger partial charge in [-0.2, -0.15) is 0 Å². The van der Waals surface area contributed by atoms with Crippen LogP contribution in [0.15, 0.2) is 34.1 Å². The van der Waals surface area contributed by atoms with Gasteiger partial charge >= 0.3 is 0 Å². The van der Waals surface area contributed by atoms with Gasteiger partial charge in [0.05, 0.1) is 6.04 Å². The lowest BCUT2D eigenvalue weighted by Gasteiger charge is -2.17. The third-order valence-electron chi connectivity index (χ3n) is 2.62. The number of hydrogen-bond donors (Lipinski definition) is 2. The standard InChI is InChI=1S/C12H11BrClFN2S/c13-9-3-4-18-12(9)6-11(17-16)8-2-1-7(15)5-10(8)14/h1-5,11,17H,6,16H2. The number of hydrazine groups is 1. The van der Waals surface area contributed by atoms with E-state index in [1.54, 1.807) is 17.4 Å². The summed E-state index contributed by atoms with van der Waals surface area (Å²) < 4.78 is 14.1. The molecule has 0 spiro atoms. The van der Waals surface area contributed by atoms with Crippen LogP contribution in [-0.4, -0.2) is 0 Å². The highest BCUT2D eigenvalue weighted by molar-refractivity contribution is 9.10. The molecular formula is C12H11BrClFN2S. The molecule has 0 amide bonds. The van der Waals surface area contributed by atoms with Crippen LogP contribution in [0.2, 0.25) is 5.02 Å². The van der Waals surface area contributed by atoms with Gasteiger partial charge in [-0.15, -0.1) is 11.3 Å². The highest BCUT2D eigenvalue weighted by Crippen LogP contribution is 2.31. The minimum absolute atomic E-state index is 0.145. The van der Waals surface area contributed by atoms with E-state index in [4.69, 9.17) is 17.4 Å². The summed E-state index contributed by atoms with van der Waals surface area (Å²) in [6.45, 7) is 0. The molecule has 0 bridgehead atoms. The van der Waals surface area contributed by atoms with Gasteiger partial charge in [0.25, 0.3) is 0 Å². The predicted octanol–water partition coefficient (Wildman–Crippen LogP) is 4.05. The first-order chi connectivity index (χ1) is 8.61. The van der Waals surface area contributed by atoms with Gasteiger partial charge in [0.15, 0.2) is 0 Å². The summed E-state index contributed by atoms with van der Waals surface area (Å²) >= 11 is 11.2. The largest absolute Gasteiger partial charge is 0.271 e. The van der Waals surface area contributed by atoms with Crippen molar-refractivity contribution in [1.82, 2.24) is 5.43 Å². The Labute approximate surface area is 122 Å². The molecule has 2 nitrogen and oxygen atoms in total. The zero-order valence-electron chi connectivity index (χ0n) is 9.29. The van der Waals surface area contributed by atoms with Gasteiger partial charge in [0.1, 0.15) is 5.82 Å². The van der Waals surface area contributed by atoms with Gasteiger partial charge in [0.2, 0.25) is 0 Å². The summed E-state index contributed by atoms with van der Waals surface area (Å²) in [5.74, 6) is 5.22. The van der Waals surface area contributed by atoms with Crippen molar-refractivity contribution in [3.05, 3.63) is 55.4 Å². The highest BCUT2D eigenvalue weighted by Gasteiger charge is 2.16. The van der Waals surface area contributed by atoms with E-state index in [1.165, 1.54) is 17.0 Å². The molecule has 1 aromatic heterocycles. The Hall–Kier alpha value is -0.460. The van der Waals surface area contributed by atoms with E-state index in [1.807, 2.05) is 11.4 Å². The number of halogens is 3. The fourth-order valence-corrected chi connectivity index (χ4v) is 3.56. The van der Waals surface area contributed by atoms with Crippen LogP contribution in [-0.2, 0) is 6.42 Å². The Morgan fingerprint density at radius 3 is 2.78 bits per heavy atom. The normalized spacial score (nSPS) is 12.7.